The van der Waals surface area contributed by atoms with E-state index in [1.807, 2.05) is 37.3 Å². The van der Waals surface area contributed by atoms with E-state index in [4.69, 9.17) is 0 Å². The predicted molar refractivity (Wildman–Crippen MR) is 97.0 cm³/mol. The van der Waals surface area contributed by atoms with Crippen LogP contribution in [0.2, 0.25) is 0 Å². The van der Waals surface area contributed by atoms with E-state index in [2.05, 4.69) is 27.4 Å². The van der Waals surface area contributed by atoms with Crippen molar-refractivity contribution in [3.05, 3.63) is 71.5 Å². The first-order valence-electron chi connectivity index (χ1n) is 7.93. The number of nitrogens with zero attached hydrogens (tertiary/aromatic N) is 2. The first kappa shape index (κ1) is 16.3. The number of nitrogens with one attached hydrogen (secondary N) is 1. The highest BCUT2D eigenvalue weighted by Crippen LogP contribution is 2.22. The summed E-state index contributed by atoms with van der Waals surface area (Å²) in [5.74, 6) is -0.118. The molecule has 1 unspecified atom stereocenters. The molecule has 4 nitrogen and oxygen atoms in total. The van der Waals surface area contributed by atoms with E-state index in [1.54, 1.807) is 17.8 Å². The Hall–Kier alpha value is -2.53. The van der Waals surface area contributed by atoms with E-state index in [0.717, 1.165) is 23.4 Å². The lowest BCUT2D eigenvalue weighted by Crippen LogP contribution is -2.33. The van der Waals surface area contributed by atoms with Crippen molar-refractivity contribution in [2.45, 2.75) is 25.8 Å². The number of thiazole rings is 1. The summed E-state index contributed by atoms with van der Waals surface area (Å²) in [5.41, 5.74) is 2.73. The zero-order valence-electron chi connectivity index (χ0n) is 13.5. The topological polar surface area (TPSA) is 54.9 Å². The monoisotopic (exact) mass is 337 g/mol. The van der Waals surface area contributed by atoms with E-state index < -0.39 is 0 Å². The third-order valence-corrected chi connectivity index (χ3v) is 4.64. The van der Waals surface area contributed by atoms with Crippen molar-refractivity contribution in [1.82, 2.24) is 15.3 Å². The van der Waals surface area contributed by atoms with Gasteiger partial charge in [-0.25, -0.2) is 4.98 Å². The quantitative estimate of drug-likeness (QED) is 0.741. The second-order valence-corrected chi connectivity index (χ2v) is 6.53. The van der Waals surface area contributed by atoms with Crippen LogP contribution < -0.4 is 5.32 Å². The fraction of sp³-hybridized carbons (Fsp3) is 0.211. The van der Waals surface area contributed by atoms with Crippen LogP contribution in [0, 0.1) is 0 Å². The number of benzene rings is 1. The molecule has 24 heavy (non-hydrogen) atoms. The van der Waals surface area contributed by atoms with Gasteiger partial charge in [0.15, 0.2) is 0 Å². The number of hydrogen-bond donors (Lipinski definition) is 1. The molecule has 0 saturated heterocycles. The van der Waals surface area contributed by atoms with Crippen molar-refractivity contribution < 1.29 is 4.79 Å². The van der Waals surface area contributed by atoms with Gasteiger partial charge in [0, 0.05) is 29.4 Å². The second kappa shape index (κ2) is 7.84. The van der Waals surface area contributed by atoms with Crippen molar-refractivity contribution in [1.29, 1.82) is 0 Å². The van der Waals surface area contributed by atoms with Crippen LogP contribution in [0.4, 0.5) is 0 Å². The van der Waals surface area contributed by atoms with E-state index in [0.29, 0.717) is 5.69 Å². The lowest BCUT2D eigenvalue weighted by atomic mass is 10.1. The number of carbonyl (C=O) groups excluding carboxylic acids is 1. The summed E-state index contributed by atoms with van der Waals surface area (Å²) >= 11 is 1.47. The number of rotatable bonds is 6. The standard InChI is InChI=1S/C19H19N3OS/c1-14(7-8-15-5-3-2-4-6-15)21-18(23)17-13-24-19(22-17)16-9-11-20-12-10-16/h2-6,9-14H,7-8H2,1H3,(H,21,23). The Bertz CT molecular complexity index is 787. The van der Waals surface area contributed by atoms with Gasteiger partial charge in [0.25, 0.3) is 5.91 Å². The van der Waals surface area contributed by atoms with E-state index >= 15 is 0 Å². The van der Waals surface area contributed by atoms with Crippen LogP contribution in [0.5, 0.6) is 0 Å². The van der Waals surface area contributed by atoms with Gasteiger partial charge in [-0.2, -0.15) is 0 Å². The van der Waals surface area contributed by atoms with Crippen LogP contribution in [-0.2, 0) is 6.42 Å². The van der Waals surface area contributed by atoms with Crippen molar-refractivity contribution >= 4 is 17.2 Å². The number of amides is 1. The molecule has 1 N–H and O–H groups in total. The number of pyridine rings is 1. The van der Waals surface area contributed by atoms with Crippen LogP contribution in [0.3, 0.4) is 0 Å². The Morgan fingerprint density at radius 1 is 1.17 bits per heavy atom. The molecule has 1 amide bonds. The molecular weight excluding hydrogens is 318 g/mol. The molecule has 2 aromatic heterocycles. The molecule has 0 aliphatic rings. The first-order chi connectivity index (χ1) is 11.7. The lowest BCUT2D eigenvalue weighted by molar-refractivity contribution is 0.0934. The summed E-state index contributed by atoms with van der Waals surface area (Å²) in [6, 6.07) is 14.2. The first-order valence-corrected chi connectivity index (χ1v) is 8.81. The van der Waals surface area contributed by atoms with Gasteiger partial charge in [0.2, 0.25) is 0 Å². The van der Waals surface area contributed by atoms with Gasteiger partial charge < -0.3 is 5.32 Å². The summed E-state index contributed by atoms with van der Waals surface area (Å²) in [5, 5.41) is 5.66. The molecular formula is C19H19N3OS. The highest BCUT2D eigenvalue weighted by Gasteiger charge is 2.14. The summed E-state index contributed by atoms with van der Waals surface area (Å²) < 4.78 is 0. The summed E-state index contributed by atoms with van der Waals surface area (Å²) in [4.78, 5) is 20.8. The van der Waals surface area contributed by atoms with Crippen LogP contribution in [0.1, 0.15) is 29.4 Å². The fourth-order valence-corrected chi connectivity index (χ4v) is 3.21. The molecule has 2 heterocycles. The minimum atomic E-state index is -0.118. The summed E-state index contributed by atoms with van der Waals surface area (Å²) in [7, 11) is 0. The van der Waals surface area contributed by atoms with Crippen molar-refractivity contribution in [2.24, 2.45) is 0 Å². The fourth-order valence-electron chi connectivity index (χ4n) is 2.40. The number of carbonyl (C=O) groups is 1. The third-order valence-electron chi connectivity index (χ3n) is 3.75. The Kier molecular flexibility index (Phi) is 5.33. The SMILES string of the molecule is CC(CCc1ccccc1)NC(=O)c1csc(-c2ccncc2)n1. The van der Waals surface area contributed by atoms with Crippen molar-refractivity contribution in [3.8, 4) is 10.6 Å². The molecule has 3 aromatic rings. The normalized spacial score (nSPS) is 11.9. The van der Waals surface area contributed by atoms with E-state index in [-0.39, 0.29) is 11.9 Å². The molecule has 3 rings (SSSR count). The number of hydrogen-bond acceptors (Lipinski definition) is 4. The van der Waals surface area contributed by atoms with Crippen LogP contribution in [0.15, 0.2) is 60.2 Å². The van der Waals surface area contributed by atoms with Gasteiger partial charge in [0.05, 0.1) is 0 Å². The molecule has 0 spiro atoms. The predicted octanol–water partition coefficient (Wildman–Crippen LogP) is 3.96. The lowest BCUT2D eigenvalue weighted by Gasteiger charge is -2.12. The molecule has 0 bridgehead atoms. The van der Waals surface area contributed by atoms with Gasteiger partial charge in [-0.1, -0.05) is 30.3 Å². The average molecular weight is 337 g/mol. The maximum absolute atomic E-state index is 12.3. The molecule has 0 aliphatic heterocycles. The highest BCUT2D eigenvalue weighted by atomic mass is 32.1. The van der Waals surface area contributed by atoms with Gasteiger partial charge in [-0.15, -0.1) is 11.3 Å². The minimum absolute atomic E-state index is 0.101. The Balaban J connectivity index is 1.56. The second-order valence-electron chi connectivity index (χ2n) is 5.67. The Labute approximate surface area is 145 Å². The van der Waals surface area contributed by atoms with Gasteiger partial charge in [-0.05, 0) is 37.5 Å². The molecule has 0 radical (unpaired) electrons. The van der Waals surface area contributed by atoms with Gasteiger partial charge in [-0.3, -0.25) is 9.78 Å². The van der Waals surface area contributed by atoms with Crippen molar-refractivity contribution in [3.63, 3.8) is 0 Å². The number of aromatic nitrogens is 2. The minimum Gasteiger partial charge on any atom is -0.348 e. The smallest absolute Gasteiger partial charge is 0.270 e. The molecule has 0 aliphatic carbocycles. The van der Waals surface area contributed by atoms with E-state index in [9.17, 15) is 4.79 Å². The highest BCUT2D eigenvalue weighted by molar-refractivity contribution is 7.13. The molecule has 122 valence electrons. The van der Waals surface area contributed by atoms with E-state index in [1.165, 1.54) is 16.9 Å². The Morgan fingerprint density at radius 3 is 2.67 bits per heavy atom. The zero-order valence-corrected chi connectivity index (χ0v) is 14.3. The molecule has 0 saturated carbocycles. The van der Waals surface area contributed by atoms with Crippen LogP contribution >= 0.6 is 11.3 Å². The zero-order chi connectivity index (χ0) is 16.8. The molecule has 0 fully saturated rings. The molecule has 1 aromatic carbocycles. The maximum Gasteiger partial charge on any atom is 0.270 e. The van der Waals surface area contributed by atoms with Crippen LogP contribution in [0.25, 0.3) is 10.6 Å². The van der Waals surface area contributed by atoms with Gasteiger partial charge in [0.1, 0.15) is 10.7 Å². The molecule has 1 atom stereocenters. The number of aryl methyl sites for hydroxylation is 1. The molecule has 5 heteroatoms. The Morgan fingerprint density at radius 2 is 1.92 bits per heavy atom. The van der Waals surface area contributed by atoms with Gasteiger partial charge >= 0.3 is 0 Å². The third kappa shape index (κ3) is 4.26. The van der Waals surface area contributed by atoms with Crippen LogP contribution in [-0.4, -0.2) is 21.9 Å². The summed E-state index contributed by atoms with van der Waals surface area (Å²) in [6.45, 7) is 2.02. The summed E-state index contributed by atoms with van der Waals surface area (Å²) in [6.07, 6.45) is 5.29. The maximum atomic E-state index is 12.3. The average Bonchev–Trinajstić information content (AvgIpc) is 3.12. The largest absolute Gasteiger partial charge is 0.348 e. The van der Waals surface area contributed by atoms with Crippen molar-refractivity contribution in [2.75, 3.05) is 0 Å².